The van der Waals surface area contributed by atoms with Crippen LogP contribution in [0.15, 0.2) is 18.2 Å². The summed E-state index contributed by atoms with van der Waals surface area (Å²) in [5, 5.41) is 26.3. The predicted octanol–water partition coefficient (Wildman–Crippen LogP) is 0.585. The van der Waals surface area contributed by atoms with Gasteiger partial charge in [0.25, 0.3) is 0 Å². The van der Waals surface area contributed by atoms with Gasteiger partial charge in [-0.1, -0.05) is 6.07 Å². The van der Waals surface area contributed by atoms with Crippen LogP contribution in [-0.4, -0.2) is 16.8 Å². The number of nitrogens with zero attached hydrogens (tertiary/aromatic N) is 1. The Morgan fingerprint density at radius 2 is 2.00 bits per heavy atom. The van der Waals surface area contributed by atoms with Crippen LogP contribution >= 0.6 is 0 Å². The number of hydrogen-bond acceptors (Lipinski definition) is 3. The van der Waals surface area contributed by atoms with Gasteiger partial charge in [-0.2, -0.15) is 5.26 Å². The van der Waals surface area contributed by atoms with Crippen LogP contribution in [0.4, 0.5) is 0 Å². The van der Waals surface area contributed by atoms with Crippen molar-refractivity contribution >= 4 is 0 Å². The van der Waals surface area contributed by atoms with E-state index in [4.69, 9.17) is 15.5 Å². The van der Waals surface area contributed by atoms with Crippen LogP contribution in [0.5, 0.6) is 0 Å². The molecule has 0 fully saturated rings. The van der Waals surface area contributed by atoms with E-state index in [1.807, 2.05) is 6.07 Å². The third kappa shape index (κ3) is 2.28. The molecular weight excluding hydrogens is 166 g/mol. The Bertz CT molecular complexity index is 328. The lowest BCUT2D eigenvalue weighted by atomic mass is 10.0. The van der Waals surface area contributed by atoms with Crippen LogP contribution < -0.4 is 0 Å². The molecule has 0 amide bonds. The van der Waals surface area contributed by atoms with Crippen LogP contribution in [0.3, 0.4) is 0 Å². The molecule has 0 atom stereocenters. The number of aliphatic hydroxyl groups is 2. The molecule has 0 aliphatic rings. The van der Waals surface area contributed by atoms with E-state index in [1.54, 1.807) is 18.2 Å². The molecule has 0 saturated carbocycles. The fourth-order valence-electron chi connectivity index (χ4n) is 1.20. The first-order valence-corrected chi connectivity index (χ1v) is 4.05. The summed E-state index contributed by atoms with van der Waals surface area (Å²) in [6.07, 6.45) is 0.478. The summed E-state index contributed by atoms with van der Waals surface area (Å²) < 4.78 is 0. The fraction of sp³-hybridized carbons (Fsp3) is 0.300. The maximum Gasteiger partial charge on any atom is 0.0991 e. The first-order chi connectivity index (χ1) is 6.31. The average Bonchev–Trinajstić information content (AvgIpc) is 2.18. The van der Waals surface area contributed by atoms with E-state index in [2.05, 4.69) is 0 Å². The third-order valence-corrected chi connectivity index (χ3v) is 1.89. The monoisotopic (exact) mass is 177 g/mol. The Kier molecular flexibility index (Phi) is 3.44. The van der Waals surface area contributed by atoms with Crippen molar-refractivity contribution in [2.45, 2.75) is 13.0 Å². The average molecular weight is 177 g/mol. The van der Waals surface area contributed by atoms with E-state index in [9.17, 15) is 0 Å². The Morgan fingerprint density at radius 1 is 1.23 bits per heavy atom. The van der Waals surface area contributed by atoms with Crippen molar-refractivity contribution in [2.24, 2.45) is 0 Å². The van der Waals surface area contributed by atoms with Crippen molar-refractivity contribution in [3.05, 3.63) is 34.9 Å². The van der Waals surface area contributed by atoms with Gasteiger partial charge in [-0.05, 0) is 29.7 Å². The van der Waals surface area contributed by atoms with Crippen molar-refractivity contribution in [3.63, 3.8) is 0 Å². The van der Waals surface area contributed by atoms with E-state index < -0.39 is 0 Å². The summed E-state index contributed by atoms with van der Waals surface area (Å²) in [6.45, 7) is -0.0249. The molecule has 0 aliphatic heterocycles. The molecule has 13 heavy (non-hydrogen) atoms. The lowest BCUT2D eigenvalue weighted by Gasteiger charge is -2.05. The molecule has 3 heteroatoms. The van der Waals surface area contributed by atoms with Crippen molar-refractivity contribution in [1.82, 2.24) is 0 Å². The molecule has 2 N–H and O–H groups in total. The number of rotatable bonds is 3. The zero-order valence-corrected chi connectivity index (χ0v) is 7.20. The second kappa shape index (κ2) is 4.61. The topological polar surface area (TPSA) is 64.2 Å². The summed E-state index contributed by atoms with van der Waals surface area (Å²) >= 11 is 0. The Hall–Kier alpha value is -1.37. The minimum atomic E-state index is -0.0545. The van der Waals surface area contributed by atoms with Crippen molar-refractivity contribution in [1.29, 1.82) is 5.26 Å². The van der Waals surface area contributed by atoms with E-state index in [-0.39, 0.29) is 13.2 Å². The SMILES string of the molecule is N#Cc1ccc(CO)c(CCO)c1. The predicted molar refractivity (Wildman–Crippen MR) is 47.9 cm³/mol. The molecule has 3 nitrogen and oxygen atoms in total. The molecule has 1 aromatic carbocycles. The second-order valence-corrected chi connectivity index (χ2v) is 2.73. The van der Waals surface area contributed by atoms with Crippen LogP contribution in [0.25, 0.3) is 0 Å². The standard InChI is InChI=1S/C10H11NO2/c11-6-8-1-2-10(7-13)9(5-8)3-4-12/h1-2,5,12-13H,3-4,7H2. The van der Waals surface area contributed by atoms with Gasteiger partial charge in [-0.25, -0.2) is 0 Å². The van der Waals surface area contributed by atoms with Gasteiger partial charge in [-0.15, -0.1) is 0 Å². The maximum atomic E-state index is 8.94. The molecule has 0 heterocycles. The summed E-state index contributed by atoms with van der Waals surface area (Å²) in [5.74, 6) is 0. The van der Waals surface area contributed by atoms with Gasteiger partial charge in [0.05, 0.1) is 18.2 Å². The minimum absolute atomic E-state index is 0.0296. The normalized spacial score (nSPS) is 9.62. The summed E-state index contributed by atoms with van der Waals surface area (Å²) in [6, 6.07) is 7.08. The molecule has 0 bridgehead atoms. The van der Waals surface area contributed by atoms with Gasteiger partial charge in [0.2, 0.25) is 0 Å². The molecule has 0 unspecified atom stereocenters. The lowest BCUT2D eigenvalue weighted by molar-refractivity contribution is 0.276. The van der Waals surface area contributed by atoms with Crippen LogP contribution in [0.1, 0.15) is 16.7 Å². The van der Waals surface area contributed by atoms with Crippen LogP contribution in [-0.2, 0) is 13.0 Å². The molecule has 1 aromatic rings. The number of nitriles is 1. The number of benzene rings is 1. The second-order valence-electron chi connectivity index (χ2n) is 2.73. The van der Waals surface area contributed by atoms with Gasteiger partial charge in [0, 0.05) is 6.61 Å². The Labute approximate surface area is 76.9 Å². The highest BCUT2D eigenvalue weighted by Crippen LogP contribution is 2.12. The molecule has 0 saturated heterocycles. The first kappa shape index (κ1) is 9.72. The summed E-state index contributed by atoms with van der Waals surface area (Å²) in [7, 11) is 0. The Balaban J connectivity index is 3.04. The third-order valence-electron chi connectivity index (χ3n) is 1.89. The van der Waals surface area contributed by atoms with E-state index in [0.29, 0.717) is 12.0 Å². The molecule has 0 radical (unpaired) electrons. The van der Waals surface area contributed by atoms with Gasteiger partial charge in [0.1, 0.15) is 0 Å². The van der Waals surface area contributed by atoms with E-state index in [1.165, 1.54) is 0 Å². The van der Waals surface area contributed by atoms with Gasteiger partial charge < -0.3 is 10.2 Å². The zero-order chi connectivity index (χ0) is 9.68. The largest absolute Gasteiger partial charge is 0.396 e. The molecule has 0 spiro atoms. The van der Waals surface area contributed by atoms with E-state index >= 15 is 0 Å². The molecule has 0 aromatic heterocycles. The van der Waals surface area contributed by atoms with Gasteiger partial charge in [-0.3, -0.25) is 0 Å². The quantitative estimate of drug-likeness (QED) is 0.710. The first-order valence-electron chi connectivity index (χ1n) is 4.05. The fourth-order valence-corrected chi connectivity index (χ4v) is 1.20. The highest BCUT2D eigenvalue weighted by atomic mass is 16.3. The van der Waals surface area contributed by atoms with Crippen molar-refractivity contribution in [2.75, 3.05) is 6.61 Å². The van der Waals surface area contributed by atoms with Crippen molar-refractivity contribution in [3.8, 4) is 6.07 Å². The van der Waals surface area contributed by atoms with Gasteiger partial charge >= 0.3 is 0 Å². The maximum absolute atomic E-state index is 8.94. The highest BCUT2D eigenvalue weighted by molar-refractivity contribution is 5.38. The molecule has 1 rings (SSSR count). The summed E-state index contributed by atoms with van der Waals surface area (Å²) in [4.78, 5) is 0. The van der Waals surface area contributed by atoms with E-state index in [0.717, 1.165) is 11.1 Å². The lowest BCUT2D eigenvalue weighted by Crippen LogP contribution is -1.98. The molecule has 0 aliphatic carbocycles. The molecular formula is C10H11NO2. The smallest absolute Gasteiger partial charge is 0.0991 e. The van der Waals surface area contributed by atoms with Crippen LogP contribution in [0, 0.1) is 11.3 Å². The van der Waals surface area contributed by atoms with Gasteiger partial charge in [0.15, 0.2) is 0 Å². The highest BCUT2D eigenvalue weighted by Gasteiger charge is 2.02. The number of hydrogen-bond donors (Lipinski definition) is 2. The van der Waals surface area contributed by atoms with Crippen LogP contribution in [0.2, 0.25) is 0 Å². The summed E-state index contributed by atoms with van der Waals surface area (Å²) in [5.41, 5.74) is 2.16. The number of aliphatic hydroxyl groups excluding tert-OH is 2. The van der Waals surface area contributed by atoms with Crippen molar-refractivity contribution < 1.29 is 10.2 Å². The Morgan fingerprint density at radius 3 is 2.54 bits per heavy atom. The zero-order valence-electron chi connectivity index (χ0n) is 7.20. The molecule has 68 valence electrons. The minimum Gasteiger partial charge on any atom is -0.396 e.